The normalized spacial score (nSPS) is 13.1. The average molecular weight is 412 g/mol. The first-order valence-electron chi connectivity index (χ1n) is 4.10. The molecule has 0 atom stereocenters. The van der Waals surface area contributed by atoms with Crippen molar-refractivity contribution in [2.24, 2.45) is 3.21 Å². The molecule has 0 aliphatic heterocycles. The zero-order chi connectivity index (χ0) is 10.6. The van der Waals surface area contributed by atoms with Crippen molar-refractivity contribution in [3.63, 3.8) is 0 Å². The van der Waals surface area contributed by atoms with E-state index < -0.39 is 0 Å². The topological polar surface area (TPSA) is 25.2 Å². The molecule has 0 spiro atoms. The molecule has 0 bridgehead atoms. The predicted octanol–water partition coefficient (Wildman–Crippen LogP) is 3.98. The van der Waals surface area contributed by atoms with Crippen molar-refractivity contribution < 1.29 is 0 Å². The first kappa shape index (κ1) is 12.1. The van der Waals surface area contributed by atoms with E-state index in [2.05, 4.69) is 37.7 Å². The second-order valence-corrected chi connectivity index (χ2v) is 4.58. The third kappa shape index (κ3) is 3.30. The maximum Gasteiger partial charge on any atom is 0.0831 e. The van der Waals surface area contributed by atoms with E-state index in [1.54, 1.807) is 0 Å². The van der Waals surface area contributed by atoms with E-state index in [4.69, 9.17) is 0 Å². The molecule has 0 unspecified atom stereocenters. The monoisotopic (exact) mass is 412 g/mol. The highest BCUT2D eigenvalue weighted by molar-refractivity contribution is 14.1. The lowest BCUT2D eigenvalue weighted by atomic mass is 10.2. The fraction of sp³-hybridized carbons (Fsp3) is 0.200. The number of hydrogen-bond acceptors (Lipinski definition) is 2. The lowest BCUT2D eigenvalue weighted by Gasteiger charge is -2.02. The number of nitrogens with zero attached hydrogens (tertiary/aromatic N) is 2. The molecule has 1 aromatic heterocycles. The van der Waals surface area contributed by atoms with Gasteiger partial charge in [0.05, 0.1) is 28.6 Å². The van der Waals surface area contributed by atoms with Crippen LogP contribution in [0.4, 0.5) is 0 Å². The summed E-state index contributed by atoms with van der Waals surface area (Å²) >= 11 is 4.24. The molecule has 0 N–H and O–H groups in total. The summed E-state index contributed by atoms with van der Waals surface area (Å²) in [5, 5.41) is 0. The molecule has 2 nitrogen and oxygen atoms in total. The van der Waals surface area contributed by atoms with Crippen LogP contribution >= 0.6 is 45.5 Å². The van der Waals surface area contributed by atoms with Crippen LogP contribution in [0.15, 0.2) is 25.0 Å². The Kier molecular flexibility index (Phi) is 5.00. The molecule has 0 radical (unpaired) electrons. The summed E-state index contributed by atoms with van der Waals surface area (Å²) in [6.07, 6.45) is 1.83. The zero-order valence-electron chi connectivity index (χ0n) is 7.96. The van der Waals surface area contributed by atoms with Crippen molar-refractivity contribution in [3.8, 4) is 0 Å². The maximum atomic E-state index is 4.45. The summed E-state index contributed by atoms with van der Waals surface area (Å²) in [7, 11) is 0. The van der Waals surface area contributed by atoms with Crippen LogP contribution in [-0.2, 0) is 0 Å². The number of hydrogen-bond donors (Lipinski definition) is 0. The smallest absolute Gasteiger partial charge is 0.0831 e. The van der Waals surface area contributed by atoms with Gasteiger partial charge in [-0.2, -0.15) is 0 Å². The van der Waals surface area contributed by atoms with E-state index >= 15 is 0 Å². The average Bonchev–Trinajstić information content (AvgIpc) is 2.17. The second-order valence-electron chi connectivity index (χ2n) is 2.86. The van der Waals surface area contributed by atoms with E-state index in [-0.39, 0.29) is 0 Å². The standard InChI is InChI=1S/C10H10I2N2/c1-7-4-3-5-10(14-7)8(2)9(11)6-13-12/h3-6H,1-2H3/b9-8-,13-6?. The van der Waals surface area contributed by atoms with Crippen LogP contribution in [-0.4, -0.2) is 11.2 Å². The van der Waals surface area contributed by atoms with Crippen LogP contribution in [0.1, 0.15) is 18.3 Å². The highest BCUT2D eigenvalue weighted by atomic mass is 127. The van der Waals surface area contributed by atoms with Gasteiger partial charge in [0, 0.05) is 15.5 Å². The lowest BCUT2D eigenvalue weighted by Crippen LogP contribution is -1.90. The van der Waals surface area contributed by atoms with Crippen molar-refractivity contribution in [3.05, 3.63) is 33.2 Å². The molecule has 0 aliphatic rings. The molecule has 0 saturated heterocycles. The van der Waals surface area contributed by atoms with Crippen molar-refractivity contribution >= 4 is 57.2 Å². The molecule has 0 fully saturated rings. The second kappa shape index (κ2) is 5.79. The molecule has 0 aromatic carbocycles. The third-order valence-electron chi connectivity index (χ3n) is 1.79. The summed E-state index contributed by atoms with van der Waals surface area (Å²) in [4.78, 5) is 4.45. The fourth-order valence-corrected chi connectivity index (χ4v) is 2.24. The zero-order valence-corrected chi connectivity index (χ0v) is 12.3. The molecule has 4 heteroatoms. The summed E-state index contributed by atoms with van der Waals surface area (Å²) < 4.78 is 5.08. The molecule has 0 amide bonds. The molecule has 1 heterocycles. The van der Waals surface area contributed by atoms with Crippen molar-refractivity contribution in [1.82, 2.24) is 4.98 Å². The van der Waals surface area contributed by atoms with Gasteiger partial charge in [0.1, 0.15) is 0 Å². The third-order valence-corrected chi connectivity index (χ3v) is 3.16. The van der Waals surface area contributed by atoms with Crippen molar-refractivity contribution in [2.45, 2.75) is 13.8 Å². The minimum atomic E-state index is 1.02. The van der Waals surface area contributed by atoms with Gasteiger partial charge in [-0.1, -0.05) is 6.07 Å². The Bertz CT molecular complexity index is 383. The van der Waals surface area contributed by atoms with Crippen molar-refractivity contribution in [1.29, 1.82) is 0 Å². The first-order chi connectivity index (χ1) is 6.65. The molecular weight excluding hydrogens is 402 g/mol. The van der Waals surface area contributed by atoms with Crippen LogP contribution in [0, 0.1) is 6.92 Å². The van der Waals surface area contributed by atoms with Crippen LogP contribution in [0.25, 0.3) is 5.57 Å². The molecule has 74 valence electrons. The number of halogens is 2. The minimum Gasteiger partial charge on any atom is -0.253 e. The van der Waals surface area contributed by atoms with E-state index in [1.165, 1.54) is 0 Å². The summed E-state index contributed by atoms with van der Waals surface area (Å²) in [6, 6.07) is 6.03. The van der Waals surface area contributed by atoms with Crippen LogP contribution in [0.5, 0.6) is 0 Å². The van der Waals surface area contributed by atoms with Gasteiger partial charge in [0.2, 0.25) is 0 Å². The Hall–Kier alpha value is 0.0200. The van der Waals surface area contributed by atoms with Gasteiger partial charge in [0.15, 0.2) is 0 Å². The van der Waals surface area contributed by atoms with Crippen LogP contribution < -0.4 is 0 Å². The molecule has 0 aliphatic carbocycles. The van der Waals surface area contributed by atoms with Gasteiger partial charge in [-0.05, 0) is 54.1 Å². The Labute approximate surface area is 112 Å². The number of rotatable bonds is 2. The summed E-state index contributed by atoms with van der Waals surface area (Å²) in [5.74, 6) is 0. The number of allylic oxidation sites excluding steroid dienone is 2. The van der Waals surface area contributed by atoms with Gasteiger partial charge in [-0.15, -0.1) is 0 Å². The Morgan fingerprint density at radius 3 is 2.79 bits per heavy atom. The maximum absolute atomic E-state index is 4.45. The quantitative estimate of drug-likeness (QED) is 0.533. The number of pyridine rings is 1. The fourth-order valence-electron chi connectivity index (χ4n) is 1.01. The van der Waals surface area contributed by atoms with E-state index in [9.17, 15) is 0 Å². The predicted molar refractivity (Wildman–Crippen MR) is 78.1 cm³/mol. The molecule has 0 saturated carbocycles. The van der Waals surface area contributed by atoms with E-state index in [0.29, 0.717) is 0 Å². The SMILES string of the molecule is C/C(=C(/I)C=NI)c1cccc(C)n1. The van der Waals surface area contributed by atoms with Gasteiger partial charge in [-0.3, -0.25) is 4.98 Å². The summed E-state index contributed by atoms with van der Waals surface area (Å²) in [6.45, 7) is 4.05. The molecule has 1 aromatic rings. The molecule has 1 rings (SSSR count). The first-order valence-corrected chi connectivity index (χ1v) is 6.14. The number of aromatic nitrogens is 1. The Morgan fingerprint density at radius 1 is 1.50 bits per heavy atom. The Morgan fingerprint density at radius 2 is 2.21 bits per heavy atom. The Balaban J connectivity index is 3.11. The van der Waals surface area contributed by atoms with Gasteiger partial charge < -0.3 is 0 Å². The number of aryl methyl sites for hydroxylation is 1. The highest BCUT2D eigenvalue weighted by Gasteiger charge is 2.01. The van der Waals surface area contributed by atoms with Crippen molar-refractivity contribution in [2.75, 3.05) is 0 Å². The van der Waals surface area contributed by atoms with E-state index in [0.717, 1.165) is 20.5 Å². The highest BCUT2D eigenvalue weighted by Crippen LogP contribution is 2.20. The van der Waals surface area contributed by atoms with Gasteiger partial charge >= 0.3 is 0 Å². The van der Waals surface area contributed by atoms with Gasteiger partial charge in [-0.25, -0.2) is 3.21 Å². The van der Waals surface area contributed by atoms with Gasteiger partial charge in [0.25, 0.3) is 0 Å². The lowest BCUT2D eigenvalue weighted by molar-refractivity contribution is 1.17. The van der Waals surface area contributed by atoms with Crippen LogP contribution in [0.3, 0.4) is 0 Å². The van der Waals surface area contributed by atoms with Crippen LogP contribution in [0.2, 0.25) is 0 Å². The molecule has 14 heavy (non-hydrogen) atoms. The molecular formula is C10H10I2N2. The largest absolute Gasteiger partial charge is 0.253 e. The van der Waals surface area contributed by atoms with E-state index in [1.807, 2.05) is 54.2 Å². The summed E-state index contributed by atoms with van der Waals surface area (Å²) in [5.41, 5.74) is 3.22. The minimum absolute atomic E-state index is 1.02.